The molecule has 2 heterocycles. The van der Waals surface area contributed by atoms with Crippen LogP contribution >= 0.6 is 47.0 Å². The predicted octanol–water partition coefficient (Wildman–Crippen LogP) is 9.71. The Bertz CT molecular complexity index is 1690. The van der Waals surface area contributed by atoms with E-state index in [4.69, 9.17) is 0 Å². The average molecular weight is 671 g/mol. The van der Waals surface area contributed by atoms with Crippen molar-refractivity contribution in [3.05, 3.63) is 45.5 Å². The molecule has 2 aliphatic rings. The van der Waals surface area contributed by atoms with Gasteiger partial charge in [0.15, 0.2) is 23.0 Å². The van der Waals surface area contributed by atoms with E-state index in [1.807, 2.05) is 53.7 Å². The van der Waals surface area contributed by atoms with Crippen LogP contribution in [0.5, 0.6) is 34.5 Å². The van der Waals surface area contributed by atoms with Crippen LogP contribution in [0.25, 0.3) is 32.7 Å². The lowest BCUT2D eigenvalue weighted by Crippen LogP contribution is -2.02. The SMILES string of the molecule is Cc1cc2c(C(C)C)c(O)c(O)c(C3SCCS3)c2c(O)c1-c1c(C)cc2c(C(C)C)c(O)c(O)c(C3SCCS3)c2c1O. The molecule has 234 valence electrons. The quantitative estimate of drug-likeness (QED) is 0.114. The van der Waals surface area contributed by atoms with Crippen molar-refractivity contribution in [1.29, 1.82) is 0 Å². The Morgan fingerprint density at radius 1 is 0.523 bits per heavy atom. The van der Waals surface area contributed by atoms with Crippen molar-refractivity contribution in [3.63, 3.8) is 0 Å². The molecule has 0 amide bonds. The molecule has 44 heavy (non-hydrogen) atoms. The fourth-order valence-corrected chi connectivity index (χ4v) is 12.8. The summed E-state index contributed by atoms with van der Waals surface area (Å²) in [5.74, 6) is 2.46. The molecule has 0 spiro atoms. The lowest BCUT2D eigenvalue weighted by atomic mass is 9.83. The van der Waals surface area contributed by atoms with Crippen LogP contribution in [0.1, 0.15) is 82.1 Å². The predicted molar refractivity (Wildman–Crippen MR) is 190 cm³/mol. The number of benzene rings is 4. The van der Waals surface area contributed by atoms with E-state index in [1.54, 1.807) is 47.0 Å². The van der Waals surface area contributed by atoms with Crippen molar-refractivity contribution >= 4 is 68.6 Å². The van der Waals surface area contributed by atoms with Crippen LogP contribution < -0.4 is 0 Å². The summed E-state index contributed by atoms with van der Waals surface area (Å²) < 4.78 is -0.345. The minimum Gasteiger partial charge on any atom is -0.507 e. The molecule has 0 saturated carbocycles. The molecular formula is C34H38O6S4. The second-order valence-corrected chi connectivity index (χ2v) is 17.6. The third-order valence-electron chi connectivity index (χ3n) is 8.70. The van der Waals surface area contributed by atoms with Crippen molar-refractivity contribution in [2.24, 2.45) is 0 Å². The zero-order valence-corrected chi connectivity index (χ0v) is 28.9. The Hall–Kier alpha value is -2.40. The molecular weight excluding hydrogens is 633 g/mol. The second kappa shape index (κ2) is 11.8. The zero-order valence-electron chi connectivity index (χ0n) is 25.6. The maximum atomic E-state index is 12.3. The number of aryl methyl sites for hydroxylation is 2. The largest absolute Gasteiger partial charge is 0.507 e. The van der Waals surface area contributed by atoms with Crippen molar-refractivity contribution in [3.8, 4) is 45.6 Å². The van der Waals surface area contributed by atoms with Gasteiger partial charge in [-0.05, 0) is 47.6 Å². The molecule has 2 aliphatic heterocycles. The Morgan fingerprint density at radius 2 is 0.841 bits per heavy atom. The summed E-state index contributed by atoms with van der Waals surface area (Å²) in [7, 11) is 0. The summed E-state index contributed by atoms with van der Waals surface area (Å²) in [5, 5.41) is 72.0. The molecule has 6 nitrogen and oxygen atoms in total. The molecule has 0 radical (unpaired) electrons. The monoisotopic (exact) mass is 670 g/mol. The molecule has 0 aromatic heterocycles. The molecule has 6 rings (SSSR count). The molecule has 10 heteroatoms. The number of rotatable bonds is 5. The maximum Gasteiger partial charge on any atom is 0.163 e. The van der Waals surface area contributed by atoms with Crippen molar-refractivity contribution in [2.75, 3.05) is 23.0 Å². The Labute approximate surface area is 274 Å². The molecule has 0 atom stereocenters. The zero-order chi connectivity index (χ0) is 31.8. The van der Waals surface area contributed by atoms with Crippen LogP contribution in [0.3, 0.4) is 0 Å². The molecule has 0 aliphatic carbocycles. The van der Waals surface area contributed by atoms with Gasteiger partial charge >= 0.3 is 0 Å². The third kappa shape index (κ3) is 4.74. The molecule has 2 saturated heterocycles. The first-order chi connectivity index (χ1) is 20.9. The molecule has 4 aromatic rings. The van der Waals surface area contributed by atoms with Gasteiger partial charge in [-0.15, -0.1) is 47.0 Å². The highest BCUT2D eigenvalue weighted by atomic mass is 32.2. The Morgan fingerprint density at radius 3 is 1.14 bits per heavy atom. The van der Waals surface area contributed by atoms with E-state index < -0.39 is 0 Å². The first-order valence-electron chi connectivity index (χ1n) is 14.8. The number of hydrogen-bond donors (Lipinski definition) is 6. The first kappa shape index (κ1) is 31.6. The summed E-state index contributed by atoms with van der Waals surface area (Å²) in [4.78, 5) is 0. The van der Waals surface area contributed by atoms with Crippen molar-refractivity contribution in [1.82, 2.24) is 0 Å². The van der Waals surface area contributed by atoms with Gasteiger partial charge in [0, 0.05) is 67.2 Å². The summed E-state index contributed by atoms with van der Waals surface area (Å²) in [5.41, 5.74) is 4.42. The molecule has 2 fully saturated rings. The Kier molecular flexibility index (Phi) is 8.43. The normalized spacial score (nSPS) is 16.5. The standard InChI is InChI=1S/C34H38O6S4/c1-13(2)19-17-11-15(5)21(27(35)23(17)25(31(39)29(19)37)33-41-7-8-42-33)22-16(6)12-18-20(14(3)4)30(38)32(40)26(24(18)28(22)36)34-43-9-10-44-34/h11-14,33-40H,7-10H2,1-6H3. The first-order valence-corrected chi connectivity index (χ1v) is 19.0. The fourth-order valence-electron chi connectivity index (χ4n) is 6.88. The van der Waals surface area contributed by atoms with E-state index in [9.17, 15) is 30.6 Å². The van der Waals surface area contributed by atoms with Gasteiger partial charge in [-0.2, -0.15) is 0 Å². The van der Waals surface area contributed by atoms with Gasteiger partial charge in [-0.3, -0.25) is 0 Å². The van der Waals surface area contributed by atoms with Crippen LogP contribution in [0, 0.1) is 13.8 Å². The number of thioether (sulfide) groups is 4. The summed E-state index contributed by atoms with van der Waals surface area (Å²) in [6.07, 6.45) is 0. The van der Waals surface area contributed by atoms with Crippen molar-refractivity contribution in [2.45, 2.75) is 62.5 Å². The highest BCUT2D eigenvalue weighted by molar-refractivity contribution is 8.19. The number of phenols is 6. The molecule has 0 unspecified atom stereocenters. The lowest BCUT2D eigenvalue weighted by Gasteiger charge is -2.26. The van der Waals surface area contributed by atoms with E-state index in [2.05, 4.69) is 0 Å². The summed E-state index contributed by atoms with van der Waals surface area (Å²) >= 11 is 6.67. The fraction of sp³-hybridized carbons (Fsp3) is 0.412. The number of aromatic hydroxyl groups is 6. The number of fused-ring (bicyclic) bond motifs is 2. The maximum absolute atomic E-state index is 12.3. The van der Waals surface area contributed by atoms with Gasteiger partial charge in [-0.1, -0.05) is 39.8 Å². The van der Waals surface area contributed by atoms with Gasteiger partial charge in [0.25, 0.3) is 0 Å². The molecule has 6 N–H and O–H groups in total. The van der Waals surface area contributed by atoms with Gasteiger partial charge in [0.2, 0.25) is 0 Å². The minimum absolute atomic E-state index is 0.0590. The minimum atomic E-state index is -0.211. The topological polar surface area (TPSA) is 121 Å². The number of phenolic OH excluding ortho intramolecular Hbond substituents is 6. The highest BCUT2D eigenvalue weighted by Crippen LogP contribution is 2.61. The number of hydrogen-bond acceptors (Lipinski definition) is 10. The lowest BCUT2D eigenvalue weighted by molar-refractivity contribution is 0.396. The van der Waals surface area contributed by atoms with Gasteiger partial charge in [-0.25, -0.2) is 0 Å². The summed E-state index contributed by atoms with van der Waals surface area (Å²) in [6, 6.07) is 3.88. The third-order valence-corrected chi connectivity index (χ3v) is 14.8. The second-order valence-electron chi connectivity index (χ2n) is 12.2. The van der Waals surface area contributed by atoms with E-state index >= 15 is 0 Å². The van der Waals surface area contributed by atoms with Crippen LogP contribution in [0.4, 0.5) is 0 Å². The Balaban J connectivity index is 1.77. The van der Waals surface area contributed by atoms with Gasteiger partial charge in [0.05, 0.1) is 9.16 Å². The molecule has 0 bridgehead atoms. The van der Waals surface area contributed by atoms with Gasteiger partial charge in [0.1, 0.15) is 11.5 Å². The summed E-state index contributed by atoms with van der Waals surface area (Å²) in [6.45, 7) is 11.5. The van der Waals surface area contributed by atoms with Gasteiger partial charge < -0.3 is 30.6 Å². The van der Waals surface area contributed by atoms with E-state index in [-0.39, 0.29) is 55.5 Å². The smallest absolute Gasteiger partial charge is 0.163 e. The average Bonchev–Trinajstić information content (AvgIpc) is 3.67. The van der Waals surface area contributed by atoms with E-state index in [1.165, 1.54) is 0 Å². The van der Waals surface area contributed by atoms with Crippen LogP contribution in [0.15, 0.2) is 12.1 Å². The van der Waals surface area contributed by atoms with E-state index in [0.29, 0.717) is 66.1 Å². The highest BCUT2D eigenvalue weighted by Gasteiger charge is 2.35. The van der Waals surface area contributed by atoms with Crippen LogP contribution in [-0.2, 0) is 0 Å². The van der Waals surface area contributed by atoms with Crippen LogP contribution in [0.2, 0.25) is 0 Å². The van der Waals surface area contributed by atoms with Crippen LogP contribution in [-0.4, -0.2) is 53.7 Å². The van der Waals surface area contributed by atoms with E-state index in [0.717, 1.165) is 23.0 Å². The van der Waals surface area contributed by atoms with Crippen molar-refractivity contribution < 1.29 is 30.6 Å². The molecule has 4 aromatic carbocycles.